The van der Waals surface area contributed by atoms with Crippen LogP contribution >= 0.6 is 0 Å². The van der Waals surface area contributed by atoms with Crippen LogP contribution in [0.3, 0.4) is 0 Å². The zero-order valence-electron chi connectivity index (χ0n) is 6.00. The predicted octanol–water partition coefficient (Wildman–Crippen LogP) is -0.209. The summed E-state index contributed by atoms with van der Waals surface area (Å²) in [6, 6.07) is 0. The second-order valence-corrected chi connectivity index (χ2v) is 2.03. The first-order chi connectivity index (χ1) is 5.25. The second-order valence-electron chi connectivity index (χ2n) is 2.03. The zero-order chi connectivity index (χ0) is 9.94. The molecule has 7 heteroatoms. The third-order valence-electron chi connectivity index (χ3n) is 0.872. The molecule has 2 unspecified atom stereocenters. The van der Waals surface area contributed by atoms with Gasteiger partial charge in [0, 0.05) is 0 Å². The largest absolute Gasteiger partial charge is 0.491 e. The second kappa shape index (κ2) is 3.72. The highest BCUT2D eigenvalue weighted by Gasteiger charge is 2.42. The predicted molar refractivity (Wildman–Crippen MR) is 29.8 cm³/mol. The number of esters is 1. The number of rotatable bonds is 2. The third kappa shape index (κ3) is 3.54. The fourth-order valence-electron chi connectivity index (χ4n) is 0.275. The van der Waals surface area contributed by atoms with Crippen LogP contribution in [0.25, 0.3) is 0 Å². The molecule has 0 saturated heterocycles. The van der Waals surface area contributed by atoms with Crippen LogP contribution in [0.5, 0.6) is 0 Å². The molecule has 0 amide bonds. The molecule has 72 valence electrons. The number of alkyl halides is 3. The Balaban J connectivity index is 4.02. The molecule has 0 fully saturated rings. The maximum atomic E-state index is 11.4. The minimum absolute atomic E-state index is 0.980. The van der Waals surface area contributed by atoms with Crippen LogP contribution in [-0.4, -0.2) is 34.8 Å². The van der Waals surface area contributed by atoms with E-state index in [1.165, 1.54) is 0 Å². The van der Waals surface area contributed by atoms with Crippen LogP contribution in [0.1, 0.15) is 6.92 Å². The molecule has 0 rings (SSSR count). The summed E-state index contributed by atoms with van der Waals surface area (Å²) in [5.41, 5.74) is 0. The minimum Gasteiger partial charge on any atom is -0.426 e. The molecule has 12 heavy (non-hydrogen) atoms. The molecule has 0 heterocycles. The van der Waals surface area contributed by atoms with Crippen LogP contribution in [0, 0.1) is 0 Å². The molecule has 0 radical (unpaired) electrons. The van der Waals surface area contributed by atoms with Crippen LogP contribution < -0.4 is 0 Å². The van der Waals surface area contributed by atoms with E-state index in [1.807, 2.05) is 0 Å². The third-order valence-corrected chi connectivity index (χ3v) is 0.872. The SMILES string of the molecule is CC(O)C(O)OC(=O)C(F)(F)F. The van der Waals surface area contributed by atoms with Crippen molar-refractivity contribution in [1.29, 1.82) is 0 Å². The van der Waals surface area contributed by atoms with Crippen LogP contribution in [0.2, 0.25) is 0 Å². The first-order valence-corrected chi connectivity index (χ1v) is 2.89. The molecule has 0 aromatic heterocycles. The first-order valence-electron chi connectivity index (χ1n) is 2.89. The van der Waals surface area contributed by atoms with Gasteiger partial charge in [-0.3, -0.25) is 0 Å². The number of aliphatic hydroxyl groups is 2. The average molecular weight is 188 g/mol. The molecule has 0 aliphatic rings. The van der Waals surface area contributed by atoms with Crippen molar-refractivity contribution >= 4 is 5.97 Å². The Hall–Kier alpha value is -0.820. The van der Waals surface area contributed by atoms with Crippen molar-refractivity contribution in [3.05, 3.63) is 0 Å². The maximum absolute atomic E-state index is 11.4. The van der Waals surface area contributed by atoms with Crippen LogP contribution in [0.4, 0.5) is 13.2 Å². The molecule has 0 bridgehead atoms. The Kier molecular flexibility index (Phi) is 3.47. The van der Waals surface area contributed by atoms with E-state index in [4.69, 9.17) is 10.2 Å². The zero-order valence-corrected chi connectivity index (χ0v) is 6.00. The van der Waals surface area contributed by atoms with Gasteiger partial charge in [-0.2, -0.15) is 13.2 Å². The van der Waals surface area contributed by atoms with Crippen molar-refractivity contribution < 1.29 is 32.9 Å². The van der Waals surface area contributed by atoms with Crippen molar-refractivity contribution in [2.75, 3.05) is 0 Å². The van der Waals surface area contributed by atoms with Gasteiger partial charge in [0.1, 0.15) is 6.10 Å². The van der Waals surface area contributed by atoms with Gasteiger partial charge in [-0.1, -0.05) is 0 Å². The van der Waals surface area contributed by atoms with Crippen molar-refractivity contribution in [3.63, 3.8) is 0 Å². The highest BCUT2D eigenvalue weighted by molar-refractivity contribution is 5.75. The molecule has 0 aromatic rings. The molecular weight excluding hydrogens is 181 g/mol. The van der Waals surface area contributed by atoms with Gasteiger partial charge in [0.05, 0.1) is 0 Å². The van der Waals surface area contributed by atoms with E-state index in [0.29, 0.717) is 0 Å². The van der Waals surface area contributed by atoms with E-state index in [0.717, 1.165) is 6.92 Å². The standard InChI is InChI=1S/C5H7F3O4/c1-2(9)3(10)12-4(11)5(6,7)8/h2-3,9-10H,1H3. The summed E-state index contributed by atoms with van der Waals surface area (Å²) < 4.78 is 37.6. The lowest BCUT2D eigenvalue weighted by Gasteiger charge is -2.14. The fraction of sp³-hybridized carbons (Fsp3) is 0.800. The van der Waals surface area contributed by atoms with Crippen LogP contribution in [-0.2, 0) is 9.53 Å². The Morgan fingerprint density at radius 1 is 1.42 bits per heavy atom. The quantitative estimate of drug-likeness (QED) is 0.464. The minimum atomic E-state index is -5.16. The number of carbonyl (C=O) groups excluding carboxylic acids is 1. The Labute approximate surface area is 65.6 Å². The normalized spacial score (nSPS) is 16.8. The molecule has 2 atom stereocenters. The number of hydrogen-bond acceptors (Lipinski definition) is 4. The van der Waals surface area contributed by atoms with Gasteiger partial charge in [0.2, 0.25) is 6.29 Å². The Morgan fingerprint density at radius 3 is 2.08 bits per heavy atom. The van der Waals surface area contributed by atoms with Crippen molar-refractivity contribution in [2.45, 2.75) is 25.5 Å². The Morgan fingerprint density at radius 2 is 1.83 bits per heavy atom. The molecule has 2 N–H and O–H groups in total. The number of carbonyl (C=O) groups is 1. The van der Waals surface area contributed by atoms with Gasteiger partial charge in [-0.15, -0.1) is 0 Å². The first kappa shape index (κ1) is 11.2. The van der Waals surface area contributed by atoms with Gasteiger partial charge in [0.25, 0.3) is 0 Å². The smallest absolute Gasteiger partial charge is 0.426 e. The van der Waals surface area contributed by atoms with Gasteiger partial charge < -0.3 is 14.9 Å². The molecule has 0 spiro atoms. The summed E-state index contributed by atoms with van der Waals surface area (Å²) >= 11 is 0. The average Bonchev–Trinajstić information content (AvgIpc) is 1.85. The lowest BCUT2D eigenvalue weighted by Crippen LogP contribution is -2.35. The van der Waals surface area contributed by atoms with Gasteiger partial charge in [0.15, 0.2) is 0 Å². The number of hydrogen-bond donors (Lipinski definition) is 2. The van der Waals surface area contributed by atoms with Crippen molar-refractivity contribution in [3.8, 4) is 0 Å². The van der Waals surface area contributed by atoms with E-state index < -0.39 is 24.5 Å². The molecule has 0 aliphatic carbocycles. The van der Waals surface area contributed by atoms with Gasteiger partial charge >= 0.3 is 12.1 Å². The van der Waals surface area contributed by atoms with Crippen molar-refractivity contribution in [2.24, 2.45) is 0 Å². The van der Waals surface area contributed by atoms with Gasteiger partial charge in [-0.05, 0) is 6.92 Å². The highest BCUT2D eigenvalue weighted by Crippen LogP contribution is 2.17. The van der Waals surface area contributed by atoms with E-state index in [2.05, 4.69) is 4.74 Å². The number of aliphatic hydroxyl groups excluding tert-OH is 2. The summed E-state index contributed by atoms with van der Waals surface area (Å²) in [4.78, 5) is 9.96. The summed E-state index contributed by atoms with van der Waals surface area (Å²) in [5.74, 6) is -2.53. The summed E-state index contributed by atoms with van der Waals surface area (Å²) in [6.07, 6.45) is -8.87. The van der Waals surface area contributed by atoms with E-state index in [9.17, 15) is 18.0 Å². The van der Waals surface area contributed by atoms with E-state index in [1.54, 1.807) is 0 Å². The number of halogens is 3. The molecular formula is C5H7F3O4. The summed E-state index contributed by atoms with van der Waals surface area (Å²) in [7, 11) is 0. The maximum Gasteiger partial charge on any atom is 0.491 e. The molecule has 0 saturated carbocycles. The fourth-order valence-corrected chi connectivity index (χ4v) is 0.275. The molecule has 4 nitrogen and oxygen atoms in total. The van der Waals surface area contributed by atoms with E-state index >= 15 is 0 Å². The summed E-state index contributed by atoms with van der Waals surface area (Å²) in [5, 5.41) is 16.9. The molecule has 0 aromatic carbocycles. The lowest BCUT2D eigenvalue weighted by molar-refractivity contribution is -0.229. The highest BCUT2D eigenvalue weighted by atomic mass is 19.4. The summed E-state index contributed by atoms with van der Waals surface area (Å²) in [6.45, 7) is 0.980. The number of ether oxygens (including phenoxy) is 1. The van der Waals surface area contributed by atoms with Crippen LogP contribution in [0.15, 0.2) is 0 Å². The van der Waals surface area contributed by atoms with E-state index in [-0.39, 0.29) is 0 Å². The molecule has 0 aliphatic heterocycles. The van der Waals surface area contributed by atoms with Crippen molar-refractivity contribution in [1.82, 2.24) is 0 Å². The topological polar surface area (TPSA) is 66.8 Å². The Bertz CT molecular complexity index is 165. The van der Waals surface area contributed by atoms with Gasteiger partial charge in [-0.25, -0.2) is 4.79 Å². The lowest BCUT2D eigenvalue weighted by atomic mass is 10.4. The monoisotopic (exact) mass is 188 g/mol.